The summed E-state index contributed by atoms with van der Waals surface area (Å²) in [4.78, 5) is 16.8. The molecule has 0 fully saturated rings. The van der Waals surface area contributed by atoms with Crippen LogP contribution in [0.3, 0.4) is 0 Å². The van der Waals surface area contributed by atoms with E-state index in [2.05, 4.69) is 46.7 Å². The van der Waals surface area contributed by atoms with Crippen LogP contribution in [-0.4, -0.2) is 10.9 Å². The molecule has 4 heteroatoms. The highest BCUT2D eigenvalue weighted by molar-refractivity contribution is 6.12. The zero-order chi connectivity index (χ0) is 21.2. The summed E-state index contributed by atoms with van der Waals surface area (Å²) in [6, 6.07) is 31.5. The molecule has 0 unspecified atom stereocenters. The van der Waals surface area contributed by atoms with Gasteiger partial charge in [0.05, 0.1) is 17.3 Å². The van der Waals surface area contributed by atoms with Crippen LogP contribution in [0.15, 0.2) is 97.2 Å². The number of nitrogens with zero attached hydrogens (tertiary/aromatic N) is 2. The van der Waals surface area contributed by atoms with E-state index in [1.165, 1.54) is 5.39 Å². The van der Waals surface area contributed by atoms with Crippen molar-refractivity contribution in [3.05, 3.63) is 108 Å². The zero-order valence-corrected chi connectivity index (χ0v) is 16.5. The van der Waals surface area contributed by atoms with Crippen molar-refractivity contribution >= 4 is 33.1 Å². The Morgan fingerprint density at radius 1 is 0.839 bits per heavy atom. The van der Waals surface area contributed by atoms with Gasteiger partial charge in [0.2, 0.25) is 0 Å². The highest BCUT2D eigenvalue weighted by atomic mass is 16.1. The lowest BCUT2D eigenvalue weighted by Crippen LogP contribution is -2.13. The summed E-state index contributed by atoms with van der Waals surface area (Å²) in [5.74, 6) is -0.312. The summed E-state index contributed by atoms with van der Waals surface area (Å²) in [7, 11) is 0. The van der Waals surface area contributed by atoms with Crippen molar-refractivity contribution in [1.82, 2.24) is 4.98 Å². The molecule has 0 aliphatic carbocycles. The second-order valence-electron chi connectivity index (χ2n) is 7.23. The molecule has 0 spiro atoms. The maximum absolute atomic E-state index is 12.7. The van der Waals surface area contributed by atoms with Gasteiger partial charge in [-0.1, -0.05) is 60.7 Å². The predicted molar refractivity (Wildman–Crippen MR) is 124 cm³/mol. The van der Waals surface area contributed by atoms with E-state index >= 15 is 0 Å². The lowest BCUT2D eigenvalue weighted by molar-refractivity contribution is 0.102. The van der Waals surface area contributed by atoms with Gasteiger partial charge in [0.1, 0.15) is 5.69 Å². The van der Waals surface area contributed by atoms with Crippen molar-refractivity contribution in [3.8, 4) is 17.2 Å². The maximum Gasteiger partial charge on any atom is 0.274 e. The van der Waals surface area contributed by atoms with E-state index in [0.717, 1.165) is 27.3 Å². The van der Waals surface area contributed by atoms with E-state index in [1.807, 2.05) is 42.5 Å². The molecule has 0 radical (unpaired) electrons. The van der Waals surface area contributed by atoms with Crippen LogP contribution < -0.4 is 5.32 Å². The number of carbonyl (C=O) groups is 1. The molecular weight excluding hydrogens is 382 g/mol. The molecule has 0 atom stereocenters. The van der Waals surface area contributed by atoms with E-state index in [1.54, 1.807) is 24.4 Å². The van der Waals surface area contributed by atoms with Crippen LogP contribution in [0, 0.1) is 11.3 Å². The van der Waals surface area contributed by atoms with Gasteiger partial charge in [0.25, 0.3) is 5.91 Å². The average Bonchev–Trinajstić information content (AvgIpc) is 2.83. The van der Waals surface area contributed by atoms with E-state index in [4.69, 9.17) is 0 Å². The Labute approximate surface area is 179 Å². The van der Waals surface area contributed by atoms with Gasteiger partial charge >= 0.3 is 0 Å². The van der Waals surface area contributed by atoms with Crippen molar-refractivity contribution in [1.29, 1.82) is 5.26 Å². The van der Waals surface area contributed by atoms with Crippen LogP contribution in [0.1, 0.15) is 16.1 Å². The Morgan fingerprint density at radius 3 is 2.48 bits per heavy atom. The van der Waals surface area contributed by atoms with Crippen molar-refractivity contribution < 1.29 is 4.79 Å². The first-order valence-corrected chi connectivity index (χ1v) is 9.92. The summed E-state index contributed by atoms with van der Waals surface area (Å²) < 4.78 is 0. The number of benzene rings is 4. The third kappa shape index (κ3) is 3.39. The largest absolute Gasteiger partial charge is 0.320 e. The molecule has 0 saturated carbocycles. The Balaban J connectivity index is 1.67. The minimum Gasteiger partial charge on any atom is -0.320 e. The molecule has 1 aromatic heterocycles. The number of aromatic nitrogens is 1. The van der Waals surface area contributed by atoms with Crippen LogP contribution >= 0.6 is 0 Å². The summed E-state index contributed by atoms with van der Waals surface area (Å²) in [6.07, 6.45) is 1.58. The molecule has 5 rings (SSSR count). The summed E-state index contributed by atoms with van der Waals surface area (Å²) >= 11 is 0. The molecule has 1 amide bonds. The van der Waals surface area contributed by atoms with Crippen LogP contribution in [0.4, 0.5) is 5.69 Å². The Kier molecular flexibility index (Phi) is 4.62. The molecule has 0 bridgehead atoms. The van der Waals surface area contributed by atoms with Crippen molar-refractivity contribution in [2.24, 2.45) is 0 Å². The van der Waals surface area contributed by atoms with Crippen LogP contribution in [0.5, 0.6) is 0 Å². The molecule has 0 saturated heterocycles. The maximum atomic E-state index is 12.7. The topological polar surface area (TPSA) is 65.8 Å². The normalized spacial score (nSPS) is 10.7. The van der Waals surface area contributed by atoms with Gasteiger partial charge in [0, 0.05) is 11.6 Å². The Morgan fingerprint density at radius 2 is 1.68 bits per heavy atom. The lowest BCUT2D eigenvalue weighted by atomic mass is 9.93. The van der Waals surface area contributed by atoms with E-state index in [0.29, 0.717) is 16.9 Å². The number of hydrogen-bond donors (Lipinski definition) is 1. The number of fused-ring (bicyclic) bond motifs is 2. The number of pyridine rings is 1. The fraction of sp³-hybridized carbons (Fsp3) is 0. The molecule has 0 aliphatic rings. The van der Waals surface area contributed by atoms with Gasteiger partial charge in [-0.05, 0) is 57.6 Å². The summed E-state index contributed by atoms with van der Waals surface area (Å²) in [6.45, 7) is 0. The van der Waals surface area contributed by atoms with E-state index in [-0.39, 0.29) is 5.91 Å². The first kappa shape index (κ1) is 18.5. The monoisotopic (exact) mass is 399 g/mol. The molecular formula is C27H17N3O. The SMILES string of the molecule is N#Cc1ccc(-c2ccc3ccccc3c2)c2cccc(NC(=O)c3ccccn3)c12. The summed E-state index contributed by atoms with van der Waals surface area (Å²) in [5.41, 5.74) is 3.49. The highest BCUT2D eigenvalue weighted by Gasteiger charge is 2.15. The van der Waals surface area contributed by atoms with Crippen molar-refractivity contribution in [2.45, 2.75) is 0 Å². The molecule has 4 nitrogen and oxygen atoms in total. The first-order valence-electron chi connectivity index (χ1n) is 9.92. The Hall–Kier alpha value is -4.49. The van der Waals surface area contributed by atoms with Gasteiger partial charge in [-0.15, -0.1) is 0 Å². The smallest absolute Gasteiger partial charge is 0.274 e. The minimum atomic E-state index is -0.312. The van der Waals surface area contributed by atoms with Gasteiger partial charge in [-0.2, -0.15) is 5.26 Å². The first-order chi connectivity index (χ1) is 15.2. The second-order valence-corrected chi connectivity index (χ2v) is 7.23. The zero-order valence-electron chi connectivity index (χ0n) is 16.5. The molecule has 1 heterocycles. The number of nitriles is 1. The molecule has 0 aliphatic heterocycles. The number of nitrogens with one attached hydrogen (secondary N) is 1. The number of rotatable bonds is 3. The number of anilines is 1. The standard InChI is InChI=1S/C27H17N3O/c28-17-21-13-14-22(20-12-11-18-6-1-2-7-19(18)16-20)23-8-5-10-24(26(21)23)30-27(31)25-9-3-4-15-29-25/h1-16H,(H,30,31). The fourth-order valence-corrected chi connectivity index (χ4v) is 3.90. The van der Waals surface area contributed by atoms with Gasteiger partial charge in [-0.3, -0.25) is 9.78 Å². The molecule has 146 valence electrons. The second kappa shape index (κ2) is 7.74. The average molecular weight is 399 g/mol. The number of hydrogen-bond acceptors (Lipinski definition) is 3. The Bertz CT molecular complexity index is 1480. The van der Waals surface area contributed by atoms with E-state index in [9.17, 15) is 10.1 Å². The molecule has 31 heavy (non-hydrogen) atoms. The van der Waals surface area contributed by atoms with Crippen LogP contribution in [0.2, 0.25) is 0 Å². The molecule has 4 aromatic carbocycles. The van der Waals surface area contributed by atoms with Crippen LogP contribution in [0.25, 0.3) is 32.7 Å². The van der Waals surface area contributed by atoms with Crippen molar-refractivity contribution in [3.63, 3.8) is 0 Å². The van der Waals surface area contributed by atoms with Gasteiger partial charge < -0.3 is 5.32 Å². The highest BCUT2D eigenvalue weighted by Crippen LogP contribution is 2.36. The quantitative estimate of drug-likeness (QED) is 0.394. The third-order valence-electron chi connectivity index (χ3n) is 5.37. The fourth-order valence-electron chi connectivity index (χ4n) is 3.90. The van der Waals surface area contributed by atoms with Crippen LogP contribution in [-0.2, 0) is 0 Å². The third-order valence-corrected chi connectivity index (χ3v) is 5.37. The van der Waals surface area contributed by atoms with E-state index < -0.39 is 0 Å². The molecule has 5 aromatic rings. The minimum absolute atomic E-state index is 0.312. The predicted octanol–water partition coefficient (Wildman–Crippen LogP) is 6.18. The lowest BCUT2D eigenvalue weighted by Gasteiger charge is -2.14. The van der Waals surface area contributed by atoms with Crippen molar-refractivity contribution in [2.75, 3.05) is 5.32 Å². The molecule has 1 N–H and O–H groups in total. The summed E-state index contributed by atoms with van der Waals surface area (Å²) in [5, 5.41) is 16.6. The number of amides is 1. The van der Waals surface area contributed by atoms with Gasteiger partial charge in [-0.25, -0.2) is 0 Å². The number of carbonyl (C=O) groups excluding carboxylic acids is 1. The van der Waals surface area contributed by atoms with Gasteiger partial charge in [0.15, 0.2) is 0 Å².